The quantitative estimate of drug-likeness (QED) is 0.682. The molecule has 35 heavy (non-hydrogen) atoms. The third-order valence-electron chi connectivity index (χ3n) is 7.69. The summed E-state index contributed by atoms with van der Waals surface area (Å²) in [7, 11) is 0. The van der Waals surface area contributed by atoms with E-state index < -0.39 is 11.8 Å². The maximum atomic E-state index is 13.8. The highest BCUT2D eigenvalue weighted by Gasteiger charge is 2.55. The van der Waals surface area contributed by atoms with Crippen LogP contribution in [0, 0.1) is 13.8 Å². The Labute approximate surface area is 206 Å². The van der Waals surface area contributed by atoms with Crippen LogP contribution in [0.25, 0.3) is 0 Å². The minimum atomic E-state index is -0.884. The average Bonchev–Trinajstić information content (AvgIpc) is 3.53. The highest BCUT2D eigenvalue weighted by atomic mass is 16.5. The van der Waals surface area contributed by atoms with Gasteiger partial charge in [-0.25, -0.2) is 0 Å². The van der Waals surface area contributed by atoms with Crippen molar-refractivity contribution in [3.05, 3.63) is 70.8 Å². The van der Waals surface area contributed by atoms with Gasteiger partial charge in [-0.15, -0.1) is 0 Å². The number of benzene rings is 2. The summed E-state index contributed by atoms with van der Waals surface area (Å²) in [5.41, 5.74) is 2.39. The molecule has 0 saturated carbocycles. The van der Waals surface area contributed by atoms with Crippen molar-refractivity contribution in [3.8, 4) is 0 Å². The SMILES string of the molecule is Cc1ccc(C(=O)N2C(C(=O)N3CCCC3)COC23CCN(C(=O)c2ccccc2C)CC3)cc1. The number of carbonyl (C=O) groups excluding carboxylic acids is 3. The lowest BCUT2D eigenvalue weighted by Gasteiger charge is -2.45. The number of rotatable bonds is 3. The van der Waals surface area contributed by atoms with Crippen molar-refractivity contribution >= 4 is 17.7 Å². The van der Waals surface area contributed by atoms with Gasteiger partial charge in [0.1, 0.15) is 11.8 Å². The van der Waals surface area contributed by atoms with Gasteiger partial charge >= 0.3 is 0 Å². The van der Waals surface area contributed by atoms with Crippen molar-refractivity contribution < 1.29 is 19.1 Å². The summed E-state index contributed by atoms with van der Waals surface area (Å²) >= 11 is 0. The molecule has 1 atom stereocenters. The molecule has 3 aliphatic rings. The Bertz CT molecular complexity index is 1120. The Hall–Kier alpha value is -3.19. The lowest BCUT2D eigenvalue weighted by molar-refractivity contribution is -0.136. The van der Waals surface area contributed by atoms with Gasteiger partial charge in [0.15, 0.2) is 0 Å². The fourth-order valence-corrected chi connectivity index (χ4v) is 5.58. The zero-order valence-corrected chi connectivity index (χ0v) is 20.5. The number of amides is 3. The molecule has 5 rings (SSSR count). The van der Waals surface area contributed by atoms with E-state index in [0.29, 0.717) is 37.1 Å². The van der Waals surface area contributed by atoms with Gasteiger partial charge in [0.05, 0.1) is 6.61 Å². The van der Waals surface area contributed by atoms with E-state index in [-0.39, 0.29) is 24.3 Å². The molecule has 3 saturated heterocycles. The Kier molecular flexibility index (Phi) is 6.36. The largest absolute Gasteiger partial charge is 0.353 e. The number of piperidine rings is 1. The standard InChI is InChI=1S/C28H33N3O4/c1-20-9-11-22(12-10-20)25(32)31-24(27(34)29-15-5-6-16-29)19-35-28(31)13-17-30(18-14-28)26(33)23-8-4-3-7-21(23)2/h3-4,7-12,24H,5-6,13-19H2,1-2H3. The third-order valence-corrected chi connectivity index (χ3v) is 7.69. The monoisotopic (exact) mass is 475 g/mol. The molecule has 7 heteroatoms. The first kappa shape index (κ1) is 23.5. The van der Waals surface area contributed by atoms with Gasteiger partial charge in [-0.3, -0.25) is 19.3 Å². The van der Waals surface area contributed by atoms with E-state index in [0.717, 1.165) is 37.1 Å². The van der Waals surface area contributed by atoms with Gasteiger partial charge in [0.25, 0.3) is 11.8 Å². The molecule has 2 aromatic carbocycles. The molecule has 3 heterocycles. The predicted octanol–water partition coefficient (Wildman–Crippen LogP) is 3.40. The molecule has 1 unspecified atom stereocenters. The van der Waals surface area contributed by atoms with E-state index in [1.165, 1.54) is 0 Å². The van der Waals surface area contributed by atoms with Gasteiger partial charge in [-0.2, -0.15) is 0 Å². The minimum Gasteiger partial charge on any atom is -0.353 e. The fourth-order valence-electron chi connectivity index (χ4n) is 5.58. The Morgan fingerprint density at radius 2 is 1.49 bits per heavy atom. The second-order valence-corrected chi connectivity index (χ2v) is 9.95. The number of aryl methyl sites for hydroxylation is 2. The van der Waals surface area contributed by atoms with E-state index in [2.05, 4.69) is 0 Å². The molecular weight excluding hydrogens is 442 g/mol. The molecule has 0 radical (unpaired) electrons. The summed E-state index contributed by atoms with van der Waals surface area (Å²) in [4.78, 5) is 45.9. The van der Waals surface area contributed by atoms with E-state index in [1.807, 2.05) is 72.2 Å². The molecule has 3 amide bonds. The number of hydrogen-bond donors (Lipinski definition) is 0. The van der Waals surface area contributed by atoms with Crippen molar-refractivity contribution in [2.75, 3.05) is 32.8 Å². The van der Waals surface area contributed by atoms with Crippen molar-refractivity contribution in [1.82, 2.24) is 14.7 Å². The van der Waals surface area contributed by atoms with E-state index in [9.17, 15) is 14.4 Å². The first-order valence-corrected chi connectivity index (χ1v) is 12.6. The van der Waals surface area contributed by atoms with Crippen LogP contribution in [0.2, 0.25) is 0 Å². The van der Waals surface area contributed by atoms with Crippen LogP contribution in [0.5, 0.6) is 0 Å². The van der Waals surface area contributed by atoms with Crippen LogP contribution in [0.1, 0.15) is 57.5 Å². The summed E-state index contributed by atoms with van der Waals surface area (Å²) in [6.07, 6.45) is 2.94. The zero-order valence-electron chi connectivity index (χ0n) is 20.5. The molecule has 0 N–H and O–H groups in total. The number of ether oxygens (including phenoxy) is 1. The van der Waals surface area contributed by atoms with Crippen LogP contribution in [0.4, 0.5) is 0 Å². The molecule has 0 aromatic heterocycles. The molecule has 1 spiro atoms. The topological polar surface area (TPSA) is 70.2 Å². The molecule has 2 aromatic rings. The maximum Gasteiger partial charge on any atom is 0.256 e. The lowest BCUT2D eigenvalue weighted by atomic mass is 9.95. The fraction of sp³-hybridized carbons (Fsp3) is 0.464. The summed E-state index contributed by atoms with van der Waals surface area (Å²) in [6.45, 7) is 6.51. The van der Waals surface area contributed by atoms with Gasteiger partial charge in [-0.1, -0.05) is 35.9 Å². The Morgan fingerprint density at radius 3 is 2.14 bits per heavy atom. The number of hydrogen-bond acceptors (Lipinski definition) is 4. The van der Waals surface area contributed by atoms with Crippen molar-refractivity contribution in [3.63, 3.8) is 0 Å². The van der Waals surface area contributed by atoms with Crippen LogP contribution in [-0.2, 0) is 9.53 Å². The molecule has 3 aliphatic heterocycles. The second-order valence-electron chi connectivity index (χ2n) is 9.95. The molecule has 7 nitrogen and oxygen atoms in total. The van der Waals surface area contributed by atoms with Gasteiger partial charge in [0.2, 0.25) is 5.91 Å². The van der Waals surface area contributed by atoms with Crippen LogP contribution in [-0.4, -0.2) is 77.0 Å². The van der Waals surface area contributed by atoms with Crippen LogP contribution < -0.4 is 0 Å². The summed E-state index contributed by atoms with van der Waals surface area (Å²) in [6, 6.07) is 14.4. The van der Waals surface area contributed by atoms with Crippen molar-refractivity contribution in [1.29, 1.82) is 0 Å². The normalized spacial score (nSPS) is 21.5. The second kappa shape index (κ2) is 9.46. The van der Waals surface area contributed by atoms with Crippen molar-refractivity contribution in [2.24, 2.45) is 0 Å². The van der Waals surface area contributed by atoms with Gasteiger partial charge in [0, 0.05) is 50.1 Å². The highest BCUT2D eigenvalue weighted by Crippen LogP contribution is 2.39. The van der Waals surface area contributed by atoms with Crippen LogP contribution >= 0.6 is 0 Å². The van der Waals surface area contributed by atoms with E-state index in [4.69, 9.17) is 4.74 Å². The first-order valence-electron chi connectivity index (χ1n) is 12.6. The number of likely N-dealkylation sites (tertiary alicyclic amines) is 2. The average molecular weight is 476 g/mol. The van der Waals surface area contributed by atoms with Crippen LogP contribution in [0.3, 0.4) is 0 Å². The smallest absolute Gasteiger partial charge is 0.256 e. The molecular formula is C28H33N3O4. The van der Waals surface area contributed by atoms with E-state index >= 15 is 0 Å². The first-order chi connectivity index (χ1) is 16.9. The van der Waals surface area contributed by atoms with E-state index in [1.54, 1.807) is 4.90 Å². The number of nitrogens with zero attached hydrogens (tertiary/aromatic N) is 3. The van der Waals surface area contributed by atoms with Crippen LogP contribution in [0.15, 0.2) is 48.5 Å². The maximum absolute atomic E-state index is 13.8. The summed E-state index contributed by atoms with van der Waals surface area (Å²) in [5, 5.41) is 0. The predicted molar refractivity (Wildman–Crippen MR) is 132 cm³/mol. The molecule has 3 fully saturated rings. The Balaban J connectivity index is 1.40. The summed E-state index contributed by atoms with van der Waals surface area (Å²) in [5.74, 6) is -0.214. The Morgan fingerprint density at radius 1 is 0.829 bits per heavy atom. The molecule has 0 aliphatic carbocycles. The van der Waals surface area contributed by atoms with Gasteiger partial charge in [-0.05, 0) is 50.5 Å². The lowest BCUT2D eigenvalue weighted by Crippen LogP contribution is -2.60. The summed E-state index contributed by atoms with van der Waals surface area (Å²) < 4.78 is 6.33. The zero-order chi connectivity index (χ0) is 24.6. The van der Waals surface area contributed by atoms with Gasteiger partial charge < -0.3 is 14.5 Å². The van der Waals surface area contributed by atoms with Crippen molar-refractivity contribution in [2.45, 2.75) is 51.3 Å². The molecule has 184 valence electrons. The minimum absolute atomic E-state index is 0.00273. The third kappa shape index (κ3) is 4.33. The molecule has 0 bridgehead atoms. The highest BCUT2D eigenvalue weighted by molar-refractivity contribution is 5.99. The number of carbonyl (C=O) groups is 3.